The molecule has 0 amide bonds. The molecular formula is C16H15BrClNS. The number of hydrogen-bond acceptors (Lipinski definition) is 2. The van der Waals surface area contributed by atoms with Gasteiger partial charge in [0.25, 0.3) is 0 Å². The lowest BCUT2D eigenvalue weighted by Gasteiger charge is -2.11. The van der Waals surface area contributed by atoms with Gasteiger partial charge in [-0.3, -0.25) is 0 Å². The van der Waals surface area contributed by atoms with Gasteiger partial charge >= 0.3 is 0 Å². The maximum absolute atomic E-state index is 6.13. The Balaban J connectivity index is 1.77. The second-order valence-electron chi connectivity index (χ2n) is 4.96. The Kier molecular flexibility index (Phi) is 4.72. The minimum Gasteiger partial charge on any atom is -0.310 e. The molecule has 0 saturated heterocycles. The van der Waals surface area contributed by atoms with E-state index in [4.69, 9.17) is 11.6 Å². The second kappa shape index (κ2) is 6.52. The molecule has 1 fully saturated rings. The van der Waals surface area contributed by atoms with Crippen LogP contribution in [0.1, 0.15) is 18.4 Å². The quantitative estimate of drug-likeness (QED) is 0.747. The van der Waals surface area contributed by atoms with E-state index in [1.165, 1.54) is 28.2 Å². The van der Waals surface area contributed by atoms with Gasteiger partial charge in [-0.2, -0.15) is 0 Å². The summed E-state index contributed by atoms with van der Waals surface area (Å²) in [6.07, 6.45) is 2.60. The summed E-state index contributed by atoms with van der Waals surface area (Å²) in [6.45, 7) is 0.893. The molecule has 1 nitrogen and oxygen atoms in total. The van der Waals surface area contributed by atoms with Gasteiger partial charge in [0.1, 0.15) is 0 Å². The largest absolute Gasteiger partial charge is 0.310 e. The molecule has 2 aromatic rings. The summed E-state index contributed by atoms with van der Waals surface area (Å²) in [5.41, 5.74) is 1.28. The van der Waals surface area contributed by atoms with Gasteiger partial charge in [0, 0.05) is 31.9 Å². The predicted molar refractivity (Wildman–Crippen MR) is 89.6 cm³/mol. The van der Waals surface area contributed by atoms with Crippen LogP contribution in [0.2, 0.25) is 5.02 Å². The molecule has 104 valence electrons. The molecule has 20 heavy (non-hydrogen) atoms. The molecule has 0 aliphatic heterocycles. The minimum absolute atomic E-state index is 0.708. The molecule has 2 aromatic carbocycles. The van der Waals surface area contributed by atoms with Gasteiger partial charge in [0.2, 0.25) is 0 Å². The van der Waals surface area contributed by atoms with Crippen molar-refractivity contribution in [3.05, 3.63) is 57.5 Å². The van der Waals surface area contributed by atoms with Crippen LogP contribution in [0.4, 0.5) is 0 Å². The maximum Gasteiger partial charge on any atom is 0.0410 e. The summed E-state index contributed by atoms with van der Waals surface area (Å²) in [7, 11) is 0. The Morgan fingerprint density at radius 1 is 1.15 bits per heavy atom. The molecular weight excluding hydrogens is 354 g/mol. The van der Waals surface area contributed by atoms with E-state index < -0.39 is 0 Å². The Bertz CT molecular complexity index is 596. The molecule has 0 spiro atoms. The van der Waals surface area contributed by atoms with Crippen LogP contribution in [0.15, 0.2) is 56.7 Å². The van der Waals surface area contributed by atoms with Gasteiger partial charge in [0.15, 0.2) is 0 Å². The number of benzene rings is 2. The first-order chi connectivity index (χ1) is 9.70. The normalized spacial score (nSPS) is 14.5. The Hall–Kier alpha value is -0.480. The number of halogens is 2. The Morgan fingerprint density at radius 2 is 1.90 bits per heavy atom. The van der Waals surface area contributed by atoms with Gasteiger partial charge in [-0.05, 0) is 60.9 Å². The van der Waals surface area contributed by atoms with E-state index in [2.05, 4.69) is 57.6 Å². The third kappa shape index (κ3) is 4.01. The zero-order valence-electron chi connectivity index (χ0n) is 10.9. The van der Waals surface area contributed by atoms with Crippen molar-refractivity contribution in [3.63, 3.8) is 0 Å². The molecule has 0 bridgehead atoms. The van der Waals surface area contributed by atoms with E-state index in [1.54, 1.807) is 11.8 Å². The van der Waals surface area contributed by atoms with Gasteiger partial charge in [-0.15, -0.1) is 0 Å². The summed E-state index contributed by atoms with van der Waals surface area (Å²) in [5, 5.41) is 4.36. The van der Waals surface area contributed by atoms with Crippen LogP contribution in [-0.2, 0) is 6.54 Å². The van der Waals surface area contributed by atoms with Crippen molar-refractivity contribution in [2.75, 3.05) is 0 Å². The highest BCUT2D eigenvalue weighted by Gasteiger charge is 2.20. The molecule has 1 N–H and O–H groups in total. The van der Waals surface area contributed by atoms with E-state index >= 15 is 0 Å². The van der Waals surface area contributed by atoms with E-state index in [1.807, 2.05) is 6.07 Å². The fourth-order valence-electron chi connectivity index (χ4n) is 1.96. The van der Waals surface area contributed by atoms with E-state index in [0.29, 0.717) is 6.04 Å². The van der Waals surface area contributed by atoms with Gasteiger partial charge in [0.05, 0.1) is 0 Å². The second-order valence-corrected chi connectivity index (χ2v) is 7.43. The third-order valence-corrected chi connectivity index (χ3v) is 5.11. The standard InChI is InChI=1S/C16H15BrClNS/c17-12-1-6-15(7-2-12)20-16-8-3-13(18)9-11(16)10-19-14-4-5-14/h1-3,6-9,14,19H,4-5,10H2. The first-order valence-corrected chi connectivity index (χ1v) is 8.65. The average Bonchev–Trinajstić information content (AvgIpc) is 3.25. The zero-order valence-corrected chi connectivity index (χ0v) is 14.1. The molecule has 0 heterocycles. The van der Waals surface area contributed by atoms with E-state index in [-0.39, 0.29) is 0 Å². The lowest BCUT2D eigenvalue weighted by Crippen LogP contribution is -2.15. The van der Waals surface area contributed by atoms with Crippen LogP contribution >= 0.6 is 39.3 Å². The van der Waals surface area contributed by atoms with Gasteiger partial charge < -0.3 is 5.32 Å². The highest BCUT2D eigenvalue weighted by atomic mass is 79.9. The van der Waals surface area contributed by atoms with Crippen molar-refractivity contribution in [1.29, 1.82) is 0 Å². The fourth-order valence-corrected chi connectivity index (χ4v) is 3.34. The lowest BCUT2D eigenvalue weighted by atomic mass is 10.2. The Morgan fingerprint density at radius 3 is 2.60 bits per heavy atom. The van der Waals surface area contributed by atoms with Gasteiger partial charge in [-0.1, -0.05) is 39.3 Å². The number of nitrogens with one attached hydrogen (secondary N) is 1. The van der Waals surface area contributed by atoms with Crippen LogP contribution in [0.3, 0.4) is 0 Å². The highest BCUT2D eigenvalue weighted by molar-refractivity contribution is 9.10. The SMILES string of the molecule is Clc1ccc(Sc2ccc(Br)cc2)c(CNC2CC2)c1. The molecule has 0 unspecified atom stereocenters. The van der Waals surface area contributed by atoms with E-state index in [9.17, 15) is 0 Å². The maximum atomic E-state index is 6.13. The van der Waals surface area contributed by atoms with Crippen molar-refractivity contribution in [2.45, 2.75) is 35.2 Å². The fraction of sp³-hybridized carbons (Fsp3) is 0.250. The molecule has 1 saturated carbocycles. The van der Waals surface area contributed by atoms with Crippen LogP contribution in [-0.4, -0.2) is 6.04 Å². The minimum atomic E-state index is 0.708. The number of hydrogen-bond donors (Lipinski definition) is 1. The summed E-state index contributed by atoms with van der Waals surface area (Å²) in [6, 6.07) is 15.2. The Labute approximate surface area is 137 Å². The van der Waals surface area contributed by atoms with Crippen molar-refractivity contribution >= 4 is 39.3 Å². The van der Waals surface area contributed by atoms with Crippen molar-refractivity contribution < 1.29 is 0 Å². The van der Waals surface area contributed by atoms with Crippen LogP contribution < -0.4 is 5.32 Å². The summed E-state index contributed by atoms with van der Waals surface area (Å²) in [4.78, 5) is 2.51. The van der Waals surface area contributed by atoms with Gasteiger partial charge in [-0.25, -0.2) is 0 Å². The smallest absolute Gasteiger partial charge is 0.0410 e. The highest BCUT2D eigenvalue weighted by Crippen LogP contribution is 2.33. The van der Waals surface area contributed by atoms with Crippen molar-refractivity contribution in [1.82, 2.24) is 5.32 Å². The van der Waals surface area contributed by atoms with Crippen LogP contribution in [0.25, 0.3) is 0 Å². The molecule has 0 radical (unpaired) electrons. The topological polar surface area (TPSA) is 12.0 Å². The molecule has 1 aliphatic carbocycles. The lowest BCUT2D eigenvalue weighted by molar-refractivity contribution is 0.680. The predicted octanol–water partition coefficient (Wildman–Crippen LogP) is 5.51. The molecule has 1 aliphatic rings. The van der Waals surface area contributed by atoms with Crippen molar-refractivity contribution in [3.8, 4) is 0 Å². The van der Waals surface area contributed by atoms with E-state index in [0.717, 1.165) is 16.0 Å². The number of rotatable bonds is 5. The summed E-state index contributed by atoms with van der Waals surface area (Å²) < 4.78 is 1.11. The zero-order chi connectivity index (χ0) is 13.9. The third-order valence-electron chi connectivity index (χ3n) is 3.22. The summed E-state index contributed by atoms with van der Waals surface area (Å²) in [5.74, 6) is 0. The van der Waals surface area contributed by atoms with Crippen LogP contribution in [0.5, 0.6) is 0 Å². The molecule has 0 atom stereocenters. The molecule has 0 aromatic heterocycles. The first kappa shape index (κ1) is 14.5. The molecule has 3 rings (SSSR count). The summed E-state index contributed by atoms with van der Waals surface area (Å²) >= 11 is 11.4. The monoisotopic (exact) mass is 367 g/mol. The first-order valence-electron chi connectivity index (χ1n) is 6.66. The molecule has 4 heteroatoms. The average molecular weight is 369 g/mol. The van der Waals surface area contributed by atoms with Crippen LogP contribution in [0, 0.1) is 0 Å². The van der Waals surface area contributed by atoms with Crippen molar-refractivity contribution in [2.24, 2.45) is 0 Å².